The number of benzene rings is 2. The van der Waals surface area contributed by atoms with E-state index in [9.17, 15) is 22.4 Å². The van der Waals surface area contributed by atoms with E-state index in [0.717, 1.165) is 23.1 Å². The van der Waals surface area contributed by atoms with Crippen molar-refractivity contribution in [2.75, 3.05) is 11.9 Å². The largest absolute Gasteiger partial charge is 0.451 e. The van der Waals surface area contributed by atoms with Gasteiger partial charge in [0.05, 0.1) is 0 Å². The summed E-state index contributed by atoms with van der Waals surface area (Å²) in [6.45, 7) is 4.87. The molecule has 0 bridgehead atoms. The van der Waals surface area contributed by atoms with E-state index >= 15 is 0 Å². The van der Waals surface area contributed by atoms with Crippen molar-refractivity contribution >= 4 is 27.7 Å². The Balaban J connectivity index is 2.64. The molecular formula is C19H18BrF4NO3. The van der Waals surface area contributed by atoms with Crippen molar-refractivity contribution in [1.29, 1.82) is 0 Å². The monoisotopic (exact) mass is 463 g/mol. The highest BCUT2D eigenvalue weighted by molar-refractivity contribution is 9.10. The number of nitrogens with zero attached hydrogens (tertiary/aromatic N) is 1. The number of carbonyl (C=O) groups is 1. The maximum Gasteiger partial charge on any atom is 0.420 e. The maximum absolute atomic E-state index is 14.0. The van der Waals surface area contributed by atoms with Crippen LogP contribution in [0.4, 0.5) is 28.0 Å². The summed E-state index contributed by atoms with van der Waals surface area (Å²) >= 11 is 3.14. The fourth-order valence-electron chi connectivity index (χ4n) is 2.25. The lowest BCUT2D eigenvalue weighted by Crippen LogP contribution is -2.34. The first kappa shape index (κ1) is 22.0. The van der Waals surface area contributed by atoms with E-state index in [1.807, 2.05) is 0 Å². The van der Waals surface area contributed by atoms with Crippen molar-refractivity contribution in [3.05, 3.63) is 52.3 Å². The van der Waals surface area contributed by atoms with Gasteiger partial charge in [0.15, 0.2) is 17.3 Å². The molecule has 0 heterocycles. The molecule has 2 aromatic rings. The molecule has 0 saturated carbocycles. The van der Waals surface area contributed by atoms with Gasteiger partial charge in [0.25, 0.3) is 0 Å². The quantitative estimate of drug-likeness (QED) is 0.471. The Bertz CT molecular complexity index is 878. The van der Waals surface area contributed by atoms with Gasteiger partial charge < -0.3 is 9.47 Å². The highest BCUT2D eigenvalue weighted by Crippen LogP contribution is 2.47. The summed E-state index contributed by atoms with van der Waals surface area (Å²) in [5, 5.41) is 0. The number of hydrogen-bond acceptors (Lipinski definition) is 3. The number of alkyl halides is 3. The molecule has 0 fully saturated rings. The van der Waals surface area contributed by atoms with Gasteiger partial charge in [0.2, 0.25) is 0 Å². The maximum atomic E-state index is 14.0. The average molecular weight is 464 g/mol. The van der Waals surface area contributed by atoms with E-state index in [2.05, 4.69) is 15.9 Å². The standard InChI is InChI=1S/C19H18BrF4NO3/c1-18(2,3)28-17(26)25(4)15-12(20)10-9-11(19(22,23)24)16(15)27-14-8-6-5-7-13(14)21/h5-10H,1-4H3. The zero-order valence-corrected chi connectivity index (χ0v) is 17.1. The molecule has 9 heteroatoms. The highest BCUT2D eigenvalue weighted by Gasteiger charge is 2.38. The Hall–Kier alpha value is -2.29. The second-order valence-electron chi connectivity index (χ2n) is 6.84. The predicted molar refractivity (Wildman–Crippen MR) is 100 cm³/mol. The SMILES string of the molecule is CN(C(=O)OC(C)(C)C)c1c(Br)ccc(C(F)(F)F)c1Oc1ccccc1F. The Morgan fingerprint density at radius 1 is 1.07 bits per heavy atom. The molecule has 0 unspecified atom stereocenters. The van der Waals surface area contributed by atoms with E-state index in [-0.39, 0.29) is 10.2 Å². The van der Waals surface area contributed by atoms with Gasteiger partial charge in [-0.15, -0.1) is 0 Å². The molecule has 0 atom stereocenters. The van der Waals surface area contributed by atoms with Crippen LogP contribution in [0.2, 0.25) is 0 Å². The number of halogens is 5. The molecule has 1 amide bonds. The lowest BCUT2D eigenvalue weighted by Gasteiger charge is -2.27. The van der Waals surface area contributed by atoms with Crippen LogP contribution in [-0.2, 0) is 10.9 Å². The molecule has 152 valence electrons. The number of carbonyl (C=O) groups excluding carboxylic acids is 1. The van der Waals surface area contributed by atoms with Gasteiger partial charge in [-0.2, -0.15) is 13.2 Å². The van der Waals surface area contributed by atoms with E-state index in [4.69, 9.17) is 9.47 Å². The minimum atomic E-state index is -4.80. The summed E-state index contributed by atoms with van der Waals surface area (Å²) < 4.78 is 65.4. The third-order valence-corrected chi connectivity index (χ3v) is 4.08. The first-order valence-corrected chi connectivity index (χ1v) is 8.89. The summed E-state index contributed by atoms with van der Waals surface area (Å²) in [5.74, 6) is -1.98. The molecule has 0 radical (unpaired) electrons. The van der Waals surface area contributed by atoms with E-state index < -0.39 is 40.8 Å². The molecule has 0 N–H and O–H groups in total. The number of rotatable bonds is 3. The first-order chi connectivity index (χ1) is 12.8. The van der Waals surface area contributed by atoms with Crippen molar-refractivity contribution < 1.29 is 31.8 Å². The number of hydrogen-bond donors (Lipinski definition) is 0. The van der Waals surface area contributed by atoms with Crippen LogP contribution < -0.4 is 9.64 Å². The van der Waals surface area contributed by atoms with Crippen LogP contribution in [0.5, 0.6) is 11.5 Å². The van der Waals surface area contributed by atoms with Gasteiger partial charge in [0, 0.05) is 11.5 Å². The number of para-hydroxylation sites is 1. The smallest absolute Gasteiger partial charge is 0.420 e. The number of amides is 1. The normalized spacial score (nSPS) is 11.9. The van der Waals surface area contributed by atoms with Crippen molar-refractivity contribution in [2.45, 2.75) is 32.5 Å². The van der Waals surface area contributed by atoms with Crippen molar-refractivity contribution in [1.82, 2.24) is 0 Å². The van der Waals surface area contributed by atoms with Gasteiger partial charge in [-0.25, -0.2) is 9.18 Å². The summed E-state index contributed by atoms with van der Waals surface area (Å²) in [7, 11) is 1.24. The number of anilines is 1. The first-order valence-electron chi connectivity index (χ1n) is 8.10. The second kappa shape index (κ2) is 7.98. The molecule has 0 aliphatic heterocycles. The van der Waals surface area contributed by atoms with Crippen LogP contribution in [-0.4, -0.2) is 18.7 Å². The van der Waals surface area contributed by atoms with Gasteiger partial charge in [-0.05, 0) is 61.0 Å². The Labute approximate surface area is 168 Å². The van der Waals surface area contributed by atoms with Crippen LogP contribution in [0.3, 0.4) is 0 Å². The van der Waals surface area contributed by atoms with Gasteiger partial charge in [0.1, 0.15) is 16.9 Å². The van der Waals surface area contributed by atoms with Gasteiger partial charge in [-0.3, -0.25) is 4.90 Å². The van der Waals surface area contributed by atoms with Crippen molar-refractivity contribution in [3.63, 3.8) is 0 Å². The molecule has 0 aliphatic rings. The molecule has 0 aromatic heterocycles. The third-order valence-electron chi connectivity index (χ3n) is 3.44. The average Bonchev–Trinajstić information content (AvgIpc) is 2.54. The minimum Gasteiger partial charge on any atom is -0.451 e. The molecule has 2 aromatic carbocycles. The van der Waals surface area contributed by atoms with E-state index in [1.54, 1.807) is 20.8 Å². The second-order valence-corrected chi connectivity index (χ2v) is 7.70. The van der Waals surface area contributed by atoms with Crippen LogP contribution in [0.15, 0.2) is 40.9 Å². The van der Waals surface area contributed by atoms with E-state index in [1.165, 1.54) is 25.2 Å². The van der Waals surface area contributed by atoms with Crippen molar-refractivity contribution in [3.8, 4) is 11.5 Å². The zero-order chi connectivity index (χ0) is 21.3. The van der Waals surface area contributed by atoms with Gasteiger partial charge >= 0.3 is 12.3 Å². The zero-order valence-electron chi connectivity index (χ0n) is 15.5. The summed E-state index contributed by atoms with van der Waals surface area (Å²) in [4.78, 5) is 13.3. The molecule has 28 heavy (non-hydrogen) atoms. The fraction of sp³-hybridized carbons (Fsp3) is 0.316. The Morgan fingerprint density at radius 2 is 1.68 bits per heavy atom. The highest BCUT2D eigenvalue weighted by atomic mass is 79.9. The van der Waals surface area contributed by atoms with Crippen LogP contribution in [0, 0.1) is 5.82 Å². The molecule has 0 aliphatic carbocycles. The Kier molecular flexibility index (Phi) is 6.27. The molecule has 0 spiro atoms. The minimum absolute atomic E-state index is 0.139. The molecule has 4 nitrogen and oxygen atoms in total. The summed E-state index contributed by atoms with van der Waals surface area (Å²) in [5.41, 5.74) is -2.27. The lowest BCUT2D eigenvalue weighted by atomic mass is 10.1. The van der Waals surface area contributed by atoms with Crippen LogP contribution >= 0.6 is 15.9 Å². The van der Waals surface area contributed by atoms with Crippen LogP contribution in [0.1, 0.15) is 26.3 Å². The van der Waals surface area contributed by atoms with Crippen molar-refractivity contribution in [2.24, 2.45) is 0 Å². The lowest BCUT2D eigenvalue weighted by molar-refractivity contribution is -0.138. The third kappa shape index (κ3) is 5.15. The number of ether oxygens (including phenoxy) is 2. The molecular weight excluding hydrogens is 446 g/mol. The van der Waals surface area contributed by atoms with E-state index in [0.29, 0.717) is 0 Å². The fourth-order valence-corrected chi connectivity index (χ4v) is 2.82. The topological polar surface area (TPSA) is 38.8 Å². The van der Waals surface area contributed by atoms with Crippen LogP contribution in [0.25, 0.3) is 0 Å². The molecule has 0 saturated heterocycles. The van der Waals surface area contributed by atoms with Gasteiger partial charge in [-0.1, -0.05) is 12.1 Å². The summed E-state index contributed by atoms with van der Waals surface area (Å²) in [6, 6.07) is 6.95. The summed E-state index contributed by atoms with van der Waals surface area (Å²) in [6.07, 6.45) is -5.70. The molecule has 2 rings (SSSR count). The Morgan fingerprint density at radius 3 is 2.21 bits per heavy atom. The predicted octanol–water partition coefficient (Wildman–Crippen LogP) is 6.77.